The van der Waals surface area contributed by atoms with E-state index in [1.807, 2.05) is 0 Å². The molecule has 6 nitrogen and oxygen atoms in total. The van der Waals surface area contributed by atoms with Gasteiger partial charge in [0, 0.05) is 19.3 Å². The third-order valence-electron chi connectivity index (χ3n) is 12.3. The van der Waals surface area contributed by atoms with E-state index in [0.717, 1.165) is 69.6 Å². The number of unbranched alkanes of at least 4 members (excludes halogenated alkanes) is 31. The highest BCUT2D eigenvalue weighted by molar-refractivity contribution is 5.71. The smallest absolute Gasteiger partial charge is 0.306 e. The molecule has 0 radical (unpaired) electrons. The number of carbonyl (C=O) groups is 3. The van der Waals surface area contributed by atoms with Crippen LogP contribution in [-0.2, 0) is 28.6 Å². The predicted molar refractivity (Wildman–Crippen MR) is 252 cm³/mol. The van der Waals surface area contributed by atoms with E-state index in [4.69, 9.17) is 14.2 Å². The Labute approximate surface area is 368 Å². The summed E-state index contributed by atoms with van der Waals surface area (Å²) >= 11 is 0. The normalized spacial score (nSPS) is 12.5. The minimum atomic E-state index is -0.762. The number of hydrogen-bond donors (Lipinski definition) is 0. The van der Waals surface area contributed by atoms with Gasteiger partial charge in [0.1, 0.15) is 13.2 Å². The number of hydrogen-bond acceptors (Lipinski definition) is 6. The van der Waals surface area contributed by atoms with E-state index >= 15 is 0 Å². The molecule has 59 heavy (non-hydrogen) atoms. The van der Waals surface area contributed by atoms with Crippen LogP contribution in [0.4, 0.5) is 0 Å². The highest BCUT2D eigenvalue weighted by Crippen LogP contribution is 2.18. The van der Waals surface area contributed by atoms with Gasteiger partial charge in [-0.2, -0.15) is 0 Å². The molecule has 0 aromatic rings. The molecule has 0 aromatic heterocycles. The number of carbonyl (C=O) groups excluding carboxylic acids is 3. The Balaban J connectivity index is 4.28. The van der Waals surface area contributed by atoms with Gasteiger partial charge in [-0.15, -0.1) is 0 Å². The van der Waals surface area contributed by atoms with Crippen LogP contribution in [0.2, 0.25) is 0 Å². The molecule has 6 heteroatoms. The zero-order valence-electron chi connectivity index (χ0n) is 40.4. The van der Waals surface area contributed by atoms with Crippen LogP contribution in [0.3, 0.4) is 0 Å². The first-order valence-electron chi connectivity index (χ1n) is 26.3. The standard InChI is InChI=1S/C53H102O6/c1-6-8-9-10-11-12-13-14-15-16-17-18-19-20-25-28-35-40-45-53(56)59-50(47-58-52(55)44-39-34-30-29-32-37-42-49(5)7-2)46-57-51(54)43-38-33-27-24-22-21-23-26-31-36-41-48(3)4/h48-50H,6-47H2,1-5H3/t49?,50-/m1/s1. The molecule has 0 bridgehead atoms. The van der Waals surface area contributed by atoms with Crippen molar-refractivity contribution in [1.29, 1.82) is 0 Å². The topological polar surface area (TPSA) is 78.9 Å². The fraction of sp³-hybridized carbons (Fsp3) is 0.943. The molecule has 0 N–H and O–H groups in total. The summed E-state index contributed by atoms with van der Waals surface area (Å²) in [5.74, 6) is 0.781. The van der Waals surface area contributed by atoms with Crippen molar-refractivity contribution in [3.05, 3.63) is 0 Å². The van der Waals surface area contributed by atoms with E-state index in [1.54, 1.807) is 0 Å². The molecule has 0 amide bonds. The highest BCUT2D eigenvalue weighted by Gasteiger charge is 2.19. The molecule has 0 fully saturated rings. The first kappa shape index (κ1) is 57.4. The predicted octanol–water partition coefficient (Wildman–Crippen LogP) is 16.9. The molecule has 0 saturated carbocycles. The molecule has 0 heterocycles. The van der Waals surface area contributed by atoms with Gasteiger partial charge < -0.3 is 14.2 Å². The minimum absolute atomic E-state index is 0.0647. The van der Waals surface area contributed by atoms with Gasteiger partial charge in [-0.1, -0.05) is 253 Å². The van der Waals surface area contributed by atoms with Crippen molar-refractivity contribution < 1.29 is 28.6 Å². The molecule has 1 unspecified atom stereocenters. The zero-order valence-corrected chi connectivity index (χ0v) is 40.4. The van der Waals surface area contributed by atoms with Crippen LogP contribution in [-0.4, -0.2) is 37.2 Å². The first-order chi connectivity index (χ1) is 28.8. The second-order valence-corrected chi connectivity index (χ2v) is 18.9. The maximum Gasteiger partial charge on any atom is 0.306 e. The Kier molecular flexibility index (Phi) is 44.7. The Hall–Kier alpha value is -1.59. The molecule has 0 saturated heterocycles. The molecule has 2 atom stereocenters. The molecule has 0 aliphatic heterocycles. The summed E-state index contributed by atoms with van der Waals surface area (Å²) in [6.07, 6.45) is 46.7. The summed E-state index contributed by atoms with van der Waals surface area (Å²) in [6, 6.07) is 0. The second kappa shape index (κ2) is 45.9. The number of esters is 3. The second-order valence-electron chi connectivity index (χ2n) is 18.9. The van der Waals surface area contributed by atoms with E-state index in [-0.39, 0.29) is 31.1 Å². The third kappa shape index (κ3) is 45.8. The largest absolute Gasteiger partial charge is 0.462 e. The molecular weight excluding hydrogens is 733 g/mol. The van der Waals surface area contributed by atoms with Gasteiger partial charge in [-0.25, -0.2) is 0 Å². The van der Waals surface area contributed by atoms with Gasteiger partial charge in [0.25, 0.3) is 0 Å². The lowest BCUT2D eigenvalue weighted by Crippen LogP contribution is -2.30. The highest BCUT2D eigenvalue weighted by atomic mass is 16.6. The van der Waals surface area contributed by atoms with Crippen molar-refractivity contribution in [2.45, 2.75) is 298 Å². The number of ether oxygens (including phenoxy) is 3. The lowest BCUT2D eigenvalue weighted by atomic mass is 10.00. The fourth-order valence-corrected chi connectivity index (χ4v) is 7.96. The summed E-state index contributed by atoms with van der Waals surface area (Å²) in [4.78, 5) is 37.9. The zero-order chi connectivity index (χ0) is 43.3. The molecule has 0 aliphatic rings. The monoisotopic (exact) mass is 835 g/mol. The van der Waals surface area contributed by atoms with Gasteiger partial charge in [-0.3, -0.25) is 14.4 Å². The molecule has 0 aliphatic carbocycles. The molecule has 0 aromatic carbocycles. The Bertz CT molecular complexity index is 902. The van der Waals surface area contributed by atoms with Gasteiger partial charge in [-0.05, 0) is 31.1 Å². The quantitative estimate of drug-likeness (QED) is 0.0345. The van der Waals surface area contributed by atoms with Gasteiger partial charge >= 0.3 is 17.9 Å². The average Bonchev–Trinajstić information content (AvgIpc) is 3.22. The van der Waals surface area contributed by atoms with E-state index in [1.165, 1.54) is 180 Å². The third-order valence-corrected chi connectivity index (χ3v) is 12.3. The van der Waals surface area contributed by atoms with Crippen molar-refractivity contribution in [3.8, 4) is 0 Å². The lowest BCUT2D eigenvalue weighted by Gasteiger charge is -2.18. The maximum absolute atomic E-state index is 12.8. The van der Waals surface area contributed by atoms with Crippen LogP contribution >= 0.6 is 0 Å². The van der Waals surface area contributed by atoms with Gasteiger partial charge in [0.05, 0.1) is 0 Å². The van der Waals surface area contributed by atoms with Crippen molar-refractivity contribution in [1.82, 2.24) is 0 Å². The van der Waals surface area contributed by atoms with Crippen LogP contribution in [0.25, 0.3) is 0 Å². The SMILES string of the molecule is CCCCCCCCCCCCCCCCCCCCC(=O)O[C@H](COC(=O)CCCCCCCCCCCCC(C)C)COC(=O)CCCCCCCCC(C)CC. The summed E-state index contributed by atoms with van der Waals surface area (Å²) in [7, 11) is 0. The summed E-state index contributed by atoms with van der Waals surface area (Å²) in [6.45, 7) is 11.3. The van der Waals surface area contributed by atoms with E-state index in [0.29, 0.717) is 19.3 Å². The lowest BCUT2D eigenvalue weighted by molar-refractivity contribution is -0.167. The van der Waals surface area contributed by atoms with Crippen LogP contribution in [0, 0.1) is 11.8 Å². The molecule has 0 rings (SSSR count). The Morgan fingerprint density at radius 1 is 0.356 bits per heavy atom. The van der Waals surface area contributed by atoms with E-state index in [9.17, 15) is 14.4 Å². The van der Waals surface area contributed by atoms with Crippen molar-refractivity contribution >= 4 is 17.9 Å². The maximum atomic E-state index is 12.8. The van der Waals surface area contributed by atoms with Crippen molar-refractivity contribution in [2.75, 3.05) is 13.2 Å². The van der Waals surface area contributed by atoms with Crippen LogP contribution in [0.5, 0.6) is 0 Å². The average molecular weight is 835 g/mol. The first-order valence-corrected chi connectivity index (χ1v) is 26.3. The summed E-state index contributed by atoms with van der Waals surface area (Å²) < 4.78 is 16.8. The molecule has 350 valence electrons. The summed E-state index contributed by atoms with van der Waals surface area (Å²) in [5.41, 5.74) is 0. The van der Waals surface area contributed by atoms with E-state index in [2.05, 4.69) is 34.6 Å². The Morgan fingerprint density at radius 2 is 0.644 bits per heavy atom. The van der Waals surface area contributed by atoms with Crippen molar-refractivity contribution in [3.63, 3.8) is 0 Å². The van der Waals surface area contributed by atoms with E-state index < -0.39 is 6.10 Å². The molecular formula is C53H102O6. The van der Waals surface area contributed by atoms with Crippen LogP contribution in [0.1, 0.15) is 291 Å². The van der Waals surface area contributed by atoms with Crippen molar-refractivity contribution in [2.24, 2.45) is 11.8 Å². The van der Waals surface area contributed by atoms with Gasteiger partial charge in [0.15, 0.2) is 6.10 Å². The Morgan fingerprint density at radius 3 is 0.966 bits per heavy atom. The van der Waals surface area contributed by atoms with Crippen LogP contribution in [0.15, 0.2) is 0 Å². The van der Waals surface area contributed by atoms with Crippen LogP contribution < -0.4 is 0 Å². The van der Waals surface area contributed by atoms with Gasteiger partial charge in [0.2, 0.25) is 0 Å². The fourth-order valence-electron chi connectivity index (χ4n) is 7.96. The molecule has 0 spiro atoms. The summed E-state index contributed by atoms with van der Waals surface area (Å²) in [5, 5.41) is 0. The minimum Gasteiger partial charge on any atom is -0.462 e. The number of rotatable bonds is 47.